The van der Waals surface area contributed by atoms with Crippen LogP contribution in [0.2, 0.25) is 0 Å². The average Bonchev–Trinajstić information content (AvgIpc) is 3.24. The predicted molar refractivity (Wildman–Crippen MR) is 125 cm³/mol. The second-order valence-electron chi connectivity index (χ2n) is 10.5. The van der Waals surface area contributed by atoms with Crippen LogP contribution in [0.4, 0.5) is 0 Å². The first-order valence-corrected chi connectivity index (χ1v) is 12.6. The van der Waals surface area contributed by atoms with Crippen LogP contribution in [0.15, 0.2) is 10.9 Å². The minimum atomic E-state index is -0.0583. The summed E-state index contributed by atoms with van der Waals surface area (Å²) in [5.41, 5.74) is 3.32. The Kier molecular flexibility index (Phi) is 6.10. The summed E-state index contributed by atoms with van der Waals surface area (Å²) in [4.78, 5) is 34.9. The third kappa shape index (κ3) is 4.24. The Hall–Kier alpha value is -2.15. The average molecular weight is 440 g/mol. The van der Waals surface area contributed by atoms with Gasteiger partial charge in [0.2, 0.25) is 5.91 Å². The van der Waals surface area contributed by atoms with E-state index in [1.165, 1.54) is 38.6 Å². The van der Waals surface area contributed by atoms with Crippen LogP contribution >= 0.6 is 0 Å². The first kappa shape index (κ1) is 21.7. The molecule has 7 nitrogen and oxygen atoms in total. The molecule has 4 heterocycles. The van der Waals surface area contributed by atoms with Crippen LogP contribution in [-0.4, -0.2) is 56.5 Å². The third-order valence-electron chi connectivity index (χ3n) is 7.86. The van der Waals surface area contributed by atoms with Crippen molar-refractivity contribution in [2.24, 2.45) is 11.8 Å². The fourth-order valence-corrected chi connectivity index (χ4v) is 5.92. The van der Waals surface area contributed by atoms with E-state index in [4.69, 9.17) is 4.98 Å². The van der Waals surface area contributed by atoms with Crippen molar-refractivity contribution in [3.63, 3.8) is 0 Å². The molecule has 0 aromatic carbocycles. The van der Waals surface area contributed by atoms with Crippen LogP contribution in [0, 0.1) is 11.8 Å². The number of hydrogen-bond donors (Lipinski definition) is 1. The van der Waals surface area contributed by atoms with Gasteiger partial charge < -0.3 is 9.80 Å². The fourth-order valence-electron chi connectivity index (χ4n) is 5.92. The van der Waals surface area contributed by atoms with E-state index in [1.807, 2.05) is 13.8 Å². The fraction of sp³-hybridized carbons (Fsp3) is 0.720. The van der Waals surface area contributed by atoms with Gasteiger partial charge in [-0.15, -0.1) is 0 Å². The van der Waals surface area contributed by atoms with Crippen LogP contribution in [0.5, 0.6) is 0 Å². The standard InChI is InChI=1S/C25H37N5O2/c1-17(2)24(31)29-13-10-21-20(16-29)25(32)30-23(26-21)14-22(27-30)19-8-11-28(12-9-19)15-18-6-4-3-5-7-18/h14,17-19,27H,3-13,15-16H2,1-2H3. The van der Waals surface area contributed by atoms with E-state index in [0.29, 0.717) is 31.0 Å². The number of aromatic nitrogens is 3. The number of hydrogen-bond acceptors (Lipinski definition) is 4. The molecule has 0 atom stereocenters. The maximum Gasteiger partial charge on any atom is 0.277 e. The molecule has 32 heavy (non-hydrogen) atoms. The Labute approximate surface area is 190 Å². The van der Waals surface area contributed by atoms with Crippen LogP contribution in [0.25, 0.3) is 5.65 Å². The van der Waals surface area contributed by atoms with Gasteiger partial charge in [0.25, 0.3) is 5.56 Å². The van der Waals surface area contributed by atoms with Gasteiger partial charge >= 0.3 is 0 Å². The first-order chi connectivity index (χ1) is 15.5. The molecule has 0 bridgehead atoms. The van der Waals surface area contributed by atoms with Gasteiger partial charge in [-0.1, -0.05) is 33.1 Å². The molecule has 2 aromatic heterocycles. The summed E-state index contributed by atoms with van der Waals surface area (Å²) in [7, 11) is 0. The number of carbonyl (C=O) groups is 1. The lowest BCUT2D eigenvalue weighted by molar-refractivity contribution is -0.135. The Balaban J connectivity index is 1.29. The van der Waals surface area contributed by atoms with Crippen LogP contribution < -0.4 is 5.56 Å². The molecule has 3 aliphatic rings. The van der Waals surface area contributed by atoms with E-state index in [-0.39, 0.29) is 17.4 Å². The number of H-pyrrole nitrogens is 1. The van der Waals surface area contributed by atoms with Gasteiger partial charge in [-0.05, 0) is 44.7 Å². The zero-order valence-electron chi connectivity index (χ0n) is 19.6. The molecule has 1 saturated carbocycles. The molecule has 1 N–H and O–H groups in total. The highest BCUT2D eigenvalue weighted by Crippen LogP contribution is 2.30. The third-order valence-corrected chi connectivity index (χ3v) is 7.86. The quantitative estimate of drug-likeness (QED) is 0.793. The zero-order valence-corrected chi connectivity index (χ0v) is 19.6. The smallest absolute Gasteiger partial charge is 0.277 e. The van der Waals surface area contributed by atoms with Gasteiger partial charge in [-0.25, -0.2) is 9.50 Å². The molecular weight excluding hydrogens is 402 g/mol. The lowest BCUT2D eigenvalue weighted by Crippen LogP contribution is -2.41. The number of amides is 1. The Morgan fingerprint density at radius 3 is 2.59 bits per heavy atom. The molecule has 0 spiro atoms. The summed E-state index contributed by atoms with van der Waals surface area (Å²) < 4.78 is 1.60. The molecule has 5 rings (SSSR count). The number of nitrogens with zero attached hydrogens (tertiary/aromatic N) is 4. The lowest BCUT2D eigenvalue weighted by Gasteiger charge is -2.35. The number of piperidine rings is 1. The second kappa shape index (κ2) is 9.00. The van der Waals surface area contributed by atoms with E-state index in [0.717, 1.165) is 48.9 Å². The summed E-state index contributed by atoms with van der Waals surface area (Å²) in [5.74, 6) is 1.39. The lowest BCUT2D eigenvalue weighted by atomic mass is 9.87. The van der Waals surface area contributed by atoms with Crippen molar-refractivity contribution in [3.8, 4) is 0 Å². The molecule has 1 amide bonds. The summed E-state index contributed by atoms with van der Waals surface area (Å²) in [6.07, 6.45) is 9.95. The van der Waals surface area contributed by atoms with Gasteiger partial charge in [0, 0.05) is 43.1 Å². The van der Waals surface area contributed by atoms with Crippen molar-refractivity contribution in [1.29, 1.82) is 0 Å². The minimum Gasteiger partial charge on any atom is -0.337 e. The number of nitrogens with one attached hydrogen (secondary N) is 1. The van der Waals surface area contributed by atoms with Gasteiger partial charge in [0.1, 0.15) is 0 Å². The van der Waals surface area contributed by atoms with Gasteiger partial charge in [-0.2, -0.15) is 0 Å². The minimum absolute atomic E-state index is 0.0489. The molecule has 7 heteroatoms. The Morgan fingerprint density at radius 1 is 1.12 bits per heavy atom. The first-order valence-electron chi connectivity index (χ1n) is 12.6. The van der Waals surface area contributed by atoms with E-state index < -0.39 is 0 Å². The largest absolute Gasteiger partial charge is 0.337 e. The normalized spacial score (nSPS) is 21.4. The molecule has 2 fully saturated rings. The van der Waals surface area contributed by atoms with E-state index >= 15 is 0 Å². The maximum atomic E-state index is 13.2. The molecular formula is C25H37N5O2. The predicted octanol–water partition coefficient (Wildman–Crippen LogP) is 3.32. The highest BCUT2D eigenvalue weighted by molar-refractivity contribution is 5.78. The topological polar surface area (TPSA) is 73.7 Å². The molecule has 1 aliphatic carbocycles. The van der Waals surface area contributed by atoms with E-state index in [1.54, 1.807) is 9.42 Å². The number of rotatable bonds is 4. The summed E-state index contributed by atoms with van der Waals surface area (Å²) in [6.45, 7) is 8.37. The van der Waals surface area contributed by atoms with Crippen molar-refractivity contribution in [3.05, 3.63) is 33.4 Å². The number of fused-ring (bicyclic) bond motifs is 2. The molecule has 174 valence electrons. The molecule has 2 aromatic rings. The molecule has 2 aliphatic heterocycles. The SMILES string of the molecule is CC(C)C(=O)N1CCc2nc3cc(C4CCN(CC5CCCCC5)CC4)[nH]n3c(=O)c2C1. The Bertz CT molecular complexity index is 1020. The van der Waals surface area contributed by atoms with Crippen molar-refractivity contribution in [2.75, 3.05) is 26.2 Å². The highest BCUT2D eigenvalue weighted by atomic mass is 16.2. The summed E-state index contributed by atoms with van der Waals surface area (Å²) in [6, 6.07) is 2.08. The molecule has 1 saturated heterocycles. The number of likely N-dealkylation sites (tertiary alicyclic amines) is 1. The maximum absolute atomic E-state index is 13.2. The zero-order chi connectivity index (χ0) is 22.2. The number of carbonyl (C=O) groups excluding carboxylic acids is 1. The highest BCUT2D eigenvalue weighted by Gasteiger charge is 2.28. The second-order valence-corrected chi connectivity index (χ2v) is 10.5. The molecule has 0 unspecified atom stereocenters. The van der Waals surface area contributed by atoms with Crippen molar-refractivity contribution >= 4 is 11.6 Å². The van der Waals surface area contributed by atoms with Crippen LogP contribution in [0.1, 0.15) is 81.7 Å². The number of aromatic amines is 1. The van der Waals surface area contributed by atoms with Crippen molar-refractivity contribution in [2.45, 2.75) is 77.7 Å². The van der Waals surface area contributed by atoms with Crippen molar-refractivity contribution < 1.29 is 4.79 Å². The van der Waals surface area contributed by atoms with Crippen LogP contribution in [0.3, 0.4) is 0 Å². The summed E-state index contributed by atoms with van der Waals surface area (Å²) in [5, 5.41) is 3.37. The summed E-state index contributed by atoms with van der Waals surface area (Å²) >= 11 is 0. The van der Waals surface area contributed by atoms with Crippen LogP contribution in [-0.2, 0) is 17.8 Å². The monoisotopic (exact) mass is 439 g/mol. The Morgan fingerprint density at radius 2 is 1.88 bits per heavy atom. The molecule has 0 radical (unpaired) electrons. The van der Waals surface area contributed by atoms with E-state index in [2.05, 4.69) is 16.1 Å². The van der Waals surface area contributed by atoms with Gasteiger partial charge in [-0.3, -0.25) is 14.7 Å². The van der Waals surface area contributed by atoms with Crippen molar-refractivity contribution in [1.82, 2.24) is 24.4 Å². The van der Waals surface area contributed by atoms with Gasteiger partial charge in [0.15, 0.2) is 5.65 Å². The van der Waals surface area contributed by atoms with E-state index in [9.17, 15) is 9.59 Å². The van der Waals surface area contributed by atoms with Gasteiger partial charge in [0.05, 0.1) is 17.8 Å².